The molecule has 0 radical (unpaired) electrons. The summed E-state index contributed by atoms with van der Waals surface area (Å²) < 4.78 is 0.819. The number of para-hydroxylation sites is 1. The van der Waals surface area contributed by atoms with E-state index in [-0.39, 0.29) is 11.8 Å². The number of carbonyl (C=O) groups is 2. The normalized spacial score (nSPS) is 11.9. The van der Waals surface area contributed by atoms with E-state index >= 15 is 0 Å². The number of hydrogen-bond acceptors (Lipinski definition) is 5. The standard InChI is InChI=1S/C19H17N3O5/c23-16(24)11-20-17(25)15(10-12-6-2-1-3-7-12)22-18(26)13-8-4-5-9-14(13)21-19(22)27/h1-9,15H,10-11H2,(H,20,25)(H,21,27)(H,23,24)/p-1/t15-/m0/s1. The minimum atomic E-state index is -1.47. The van der Waals surface area contributed by atoms with Crippen LogP contribution in [0.15, 0.2) is 64.2 Å². The number of nitrogens with zero attached hydrogens (tertiary/aromatic N) is 1. The molecule has 1 atom stereocenters. The molecule has 0 aliphatic rings. The van der Waals surface area contributed by atoms with Gasteiger partial charge in [-0.05, 0) is 17.7 Å². The van der Waals surface area contributed by atoms with Gasteiger partial charge in [-0.2, -0.15) is 0 Å². The van der Waals surface area contributed by atoms with Crippen molar-refractivity contribution in [2.75, 3.05) is 6.54 Å². The minimum Gasteiger partial charge on any atom is -0.548 e. The lowest BCUT2D eigenvalue weighted by molar-refractivity contribution is -0.304. The Labute approximate surface area is 153 Å². The Bertz CT molecular complexity index is 1100. The summed E-state index contributed by atoms with van der Waals surface area (Å²) in [5.74, 6) is -2.23. The zero-order valence-corrected chi connectivity index (χ0v) is 14.2. The average molecular weight is 366 g/mol. The van der Waals surface area contributed by atoms with E-state index in [1.165, 1.54) is 0 Å². The molecule has 0 aliphatic heterocycles. The number of aliphatic carboxylic acids is 1. The summed E-state index contributed by atoms with van der Waals surface area (Å²) in [5, 5.41) is 13.1. The van der Waals surface area contributed by atoms with Gasteiger partial charge in [0, 0.05) is 6.42 Å². The first-order chi connectivity index (χ1) is 13.0. The Balaban J connectivity index is 2.11. The molecule has 0 spiro atoms. The van der Waals surface area contributed by atoms with Crippen molar-refractivity contribution >= 4 is 22.8 Å². The highest BCUT2D eigenvalue weighted by molar-refractivity contribution is 5.84. The SMILES string of the molecule is O=C([O-])CNC(=O)[C@H](Cc1ccccc1)n1c(=O)[nH]c2ccccc2c1=O. The van der Waals surface area contributed by atoms with Gasteiger partial charge in [-0.3, -0.25) is 9.59 Å². The summed E-state index contributed by atoms with van der Waals surface area (Å²) in [4.78, 5) is 51.2. The van der Waals surface area contributed by atoms with Crippen LogP contribution in [0.5, 0.6) is 0 Å². The van der Waals surface area contributed by atoms with E-state index in [4.69, 9.17) is 0 Å². The number of H-pyrrole nitrogens is 1. The monoisotopic (exact) mass is 366 g/mol. The number of carboxylic acids is 1. The van der Waals surface area contributed by atoms with Gasteiger partial charge in [0.25, 0.3) is 5.56 Å². The highest BCUT2D eigenvalue weighted by atomic mass is 16.4. The molecule has 2 aromatic carbocycles. The maximum absolute atomic E-state index is 12.9. The van der Waals surface area contributed by atoms with E-state index in [1.54, 1.807) is 54.6 Å². The molecule has 27 heavy (non-hydrogen) atoms. The quantitative estimate of drug-likeness (QED) is 0.599. The van der Waals surface area contributed by atoms with Gasteiger partial charge < -0.3 is 20.2 Å². The zero-order valence-electron chi connectivity index (χ0n) is 14.2. The van der Waals surface area contributed by atoms with Crippen LogP contribution in [-0.4, -0.2) is 28.0 Å². The predicted molar refractivity (Wildman–Crippen MR) is 96.0 cm³/mol. The van der Waals surface area contributed by atoms with Crippen LogP contribution in [-0.2, 0) is 16.0 Å². The number of amides is 1. The van der Waals surface area contributed by atoms with Crippen LogP contribution < -0.4 is 21.7 Å². The van der Waals surface area contributed by atoms with Crippen molar-refractivity contribution in [1.82, 2.24) is 14.9 Å². The molecule has 0 fully saturated rings. The molecule has 138 valence electrons. The molecule has 3 aromatic rings. The van der Waals surface area contributed by atoms with Gasteiger partial charge in [0.1, 0.15) is 6.04 Å². The Morgan fingerprint density at radius 3 is 2.41 bits per heavy atom. The highest BCUT2D eigenvalue weighted by Gasteiger charge is 2.25. The lowest BCUT2D eigenvalue weighted by Crippen LogP contribution is -2.47. The van der Waals surface area contributed by atoms with Crippen LogP contribution in [0, 0.1) is 0 Å². The van der Waals surface area contributed by atoms with Gasteiger partial charge in [-0.25, -0.2) is 9.36 Å². The fourth-order valence-electron chi connectivity index (χ4n) is 2.87. The third-order valence-corrected chi connectivity index (χ3v) is 4.13. The lowest BCUT2D eigenvalue weighted by Gasteiger charge is -2.19. The Morgan fingerprint density at radius 2 is 1.70 bits per heavy atom. The van der Waals surface area contributed by atoms with E-state index in [0.717, 1.165) is 4.57 Å². The van der Waals surface area contributed by atoms with Crippen LogP contribution in [0.25, 0.3) is 10.9 Å². The van der Waals surface area contributed by atoms with Gasteiger partial charge in [0.05, 0.1) is 23.4 Å². The minimum absolute atomic E-state index is 0.0427. The molecule has 2 N–H and O–H groups in total. The van der Waals surface area contributed by atoms with Crippen molar-refractivity contribution in [3.8, 4) is 0 Å². The molecule has 0 saturated heterocycles. The number of aromatic nitrogens is 2. The number of carbonyl (C=O) groups excluding carboxylic acids is 2. The molecule has 3 rings (SSSR count). The summed E-state index contributed by atoms with van der Waals surface area (Å²) in [6, 6.07) is 14.1. The van der Waals surface area contributed by atoms with E-state index in [2.05, 4.69) is 10.3 Å². The second-order valence-corrected chi connectivity index (χ2v) is 5.95. The van der Waals surface area contributed by atoms with Crippen LogP contribution in [0.2, 0.25) is 0 Å². The smallest absolute Gasteiger partial charge is 0.329 e. The van der Waals surface area contributed by atoms with E-state index in [0.29, 0.717) is 11.1 Å². The number of carboxylic acid groups (broad SMARTS) is 1. The maximum atomic E-state index is 12.9. The van der Waals surface area contributed by atoms with Gasteiger partial charge in [0.15, 0.2) is 0 Å². The fraction of sp³-hybridized carbons (Fsp3) is 0.158. The Kier molecular flexibility index (Phi) is 5.16. The molecular formula is C19H16N3O5-. The van der Waals surface area contributed by atoms with Crippen molar-refractivity contribution < 1.29 is 14.7 Å². The highest BCUT2D eigenvalue weighted by Crippen LogP contribution is 2.13. The molecule has 1 aromatic heterocycles. The van der Waals surface area contributed by atoms with Crippen LogP contribution >= 0.6 is 0 Å². The van der Waals surface area contributed by atoms with Crippen molar-refractivity contribution in [3.05, 3.63) is 81.0 Å². The number of hydrogen-bond donors (Lipinski definition) is 2. The topological polar surface area (TPSA) is 124 Å². The third kappa shape index (κ3) is 3.95. The molecule has 0 unspecified atom stereocenters. The number of benzene rings is 2. The number of rotatable bonds is 6. The first-order valence-electron chi connectivity index (χ1n) is 8.22. The second-order valence-electron chi connectivity index (χ2n) is 5.95. The van der Waals surface area contributed by atoms with Gasteiger partial charge in [-0.1, -0.05) is 42.5 Å². The summed E-state index contributed by atoms with van der Waals surface area (Å²) in [6.07, 6.45) is 0.0427. The lowest BCUT2D eigenvalue weighted by atomic mass is 10.0. The van der Waals surface area contributed by atoms with E-state index in [9.17, 15) is 24.3 Å². The number of fused-ring (bicyclic) bond motifs is 1. The van der Waals surface area contributed by atoms with Crippen LogP contribution in [0.4, 0.5) is 0 Å². The summed E-state index contributed by atoms with van der Waals surface area (Å²) in [7, 11) is 0. The van der Waals surface area contributed by atoms with Crippen molar-refractivity contribution in [1.29, 1.82) is 0 Å². The van der Waals surface area contributed by atoms with Gasteiger partial charge in [0.2, 0.25) is 5.91 Å². The summed E-state index contributed by atoms with van der Waals surface area (Å²) in [5.41, 5.74) is -0.301. The third-order valence-electron chi connectivity index (χ3n) is 4.13. The number of aromatic amines is 1. The summed E-state index contributed by atoms with van der Waals surface area (Å²) >= 11 is 0. The second kappa shape index (κ2) is 7.69. The van der Waals surface area contributed by atoms with Crippen molar-refractivity contribution in [2.45, 2.75) is 12.5 Å². The van der Waals surface area contributed by atoms with Crippen molar-refractivity contribution in [3.63, 3.8) is 0 Å². The first-order valence-corrected chi connectivity index (χ1v) is 8.22. The van der Waals surface area contributed by atoms with E-state index < -0.39 is 35.7 Å². The summed E-state index contributed by atoms with van der Waals surface area (Å²) in [6.45, 7) is -0.718. The molecule has 8 nitrogen and oxygen atoms in total. The molecular weight excluding hydrogens is 350 g/mol. The maximum Gasteiger partial charge on any atom is 0.329 e. The zero-order chi connectivity index (χ0) is 19.4. The van der Waals surface area contributed by atoms with Gasteiger partial charge >= 0.3 is 5.69 Å². The first kappa shape index (κ1) is 18.1. The van der Waals surface area contributed by atoms with Crippen LogP contribution in [0.3, 0.4) is 0 Å². The molecule has 0 aliphatic carbocycles. The molecule has 0 bridgehead atoms. The fourth-order valence-corrected chi connectivity index (χ4v) is 2.87. The average Bonchev–Trinajstić information content (AvgIpc) is 2.66. The molecule has 1 amide bonds. The number of nitrogens with one attached hydrogen (secondary N) is 2. The van der Waals surface area contributed by atoms with Crippen LogP contribution in [0.1, 0.15) is 11.6 Å². The molecule has 1 heterocycles. The Hall–Kier alpha value is -3.68. The predicted octanol–water partition coefficient (Wildman–Crippen LogP) is -0.660. The van der Waals surface area contributed by atoms with Gasteiger partial charge in [-0.15, -0.1) is 0 Å². The Morgan fingerprint density at radius 1 is 1.04 bits per heavy atom. The molecule has 0 saturated carbocycles. The van der Waals surface area contributed by atoms with E-state index in [1.807, 2.05) is 0 Å². The van der Waals surface area contributed by atoms with Crippen molar-refractivity contribution in [2.24, 2.45) is 0 Å². The molecule has 8 heteroatoms. The largest absolute Gasteiger partial charge is 0.548 e.